The van der Waals surface area contributed by atoms with Gasteiger partial charge in [0.2, 0.25) is 0 Å². The maximum absolute atomic E-state index is 12.9. The van der Waals surface area contributed by atoms with Gasteiger partial charge in [-0.1, -0.05) is 30.3 Å². The number of nitrogens with zero attached hydrogens (tertiary/aromatic N) is 2. The fraction of sp³-hybridized carbons (Fsp3) is 0.308. The van der Waals surface area contributed by atoms with E-state index in [2.05, 4.69) is 15.6 Å². The summed E-state index contributed by atoms with van der Waals surface area (Å²) in [5.74, 6) is -1.08. The van der Waals surface area contributed by atoms with Crippen molar-refractivity contribution < 1.29 is 23.9 Å². The zero-order valence-electron chi connectivity index (χ0n) is 20.1. The van der Waals surface area contributed by atoms with Crippen molar-refractivity contribution in [3.63, 3.8) is 0 Å². The summed E-state index contributed by atoms with van der Waals surface area (Å²) in [6.07, 6.45) is 0.896. The highest BCUT2D eigenvalue weighted by molar-refractivity contribution is 6.01. The number of rotatable bonds is 5. The van der Waals surface area contributed by atoms with Gasteiger partial charge in [0.25, 0.3) is 5.91 Å². The normalized spacial score (nSPS) is 15.1. The number of aromatic nitrogens is 2. The third-order valence-corrected chi connectivity index (χ3v) is 5.53. The Morgan fingerprint density at radius 1 is 1.14 bits per heavy atom. The smallest absolute Gasteiger partial charge is 0.413 e. The largest absolute Gasteiger partial charge is 0.459 e. The summed E-state index contributed by atoms with van der Waals surface area (Å²) >= 11 is 0. The molecule has 0 aliphatic carbocycles. The summed E-state index contributed by atoms with van der Waals surface area (Å²) in [5, 5.41) is 5.45. The van der Waals surface area contributed by atoms with Crippen molar-refractivity contribution in [3.05, 3.63) is 71.5 Å². The molecule has 2 N–H and O–H groups in total. The van der Waals surface area contributed by atoms with Gasteiger partial charge in [0.15, 0.2) is 0 Å². The molecule has 2 amide bonds. The first kappa shape index (κ1) is 24.0. The van der Waals surface area contributed by atoms with Gasteiger partial charge in [-0.2, -0.15) is 0 Å². The molecular formula is C26H28N4O5. The fourth-order valence-corrected chi connectivity index (χ4v) is 4.00. The maximum Gasteiger partial charge on any atom is 0.413 e. The van der Waals surface area contributed by atoms with Crippen LogP contribution in [0.4, 0.5) is 10.6 Å². The number of hydrogen-bond donors (Lipinski definition) is 2. The molecular weight excluding hydrogens is 448 g/mol. The van der Waals surface area contributed by atoms with Gasteiger partial charge in [-0.15, -0.1) is 0 Å². The Bertz CT molecular complexity index is 1260. The number of amides is 2. The lowest BCUT2D eigenvalue weighted by molar-refractivity contribution is -0.156. The number of benzene rings is 1. The molecule has 9 heteroatoms. The lowest BCUT2D eigenvalue weighted by Crippen LogP contribution is -2.41. The Morgan fingerprint density at radius 3 is 2.60 bits per heavy atom. The van der Waals surface area contributed by atoms with E-state index in [9.17, 15) is 14.4 Å². The van der Waals surface area contributed by atoms with Crippen LogP contribution in [0.25, 0.3) is 11.3 Å². The van der Waals surface area contributed by atoms with E-state index in [1.165, 1.54) is 0 Å². The monoisotopic (exact) mass is 476 g/mol. The van der Waals surface area contributed by atoms with E-state index < -0.39 is 23.6 Å². The third kappa shape index (κ3) is 5.34. The van der Waals surface area contributed by atoms with Crippen LogP contribution in [0.3, 0.4) is 0 Å². The highest BCUT2D eigenvalue weighted by atomic mass is 16.6. The lowest BCUT2D eigenvalue weighted by atomic mass is 9.97. The van der Waals surface area contributed by atoms with Crippen molar-refractivity contribution in [2.75, 3.05) is 11.9 Å². The Morgan fingerprint density at radius 2 is 1.89 bits per heavy atom. The van der Waals surface area contributed by atoms with Crippen molar-refractivity contribution in [2.24, 2.45) is 7.05 Å². The van der Waals surface area contributed by atoms with Gasteiger partial charge in [-0.3, -0.25) is 14.9 Å². The van der Waals surface area contributed by atoms with Gasteiger partial charge >= 0.3 is 12.1 Å². The molecule has 1 aliphatic heterocycles. The predicted molar refractivity (Wildman–Crippen MR) is 130 cm³/mol. The van der Waals surface area contributed by atoms with Crippen LogP contribution in [0.5, 0.6) is 0 Å². The Balaban J connectivity index is 1.62. The SMILES string of the molecule is Cn1c(-c2cccnc2NC(=O)OCc2ccccc2)cc2c1C(C(=O)OC(C)(C)C)CNC2=O. The number of carbonyl (C=O) groups is 3. The second kappa shape index (κ2) is 9.61. The van der Waals surface area contributed by atoms with Gasteiger partial charge < -0.3 is 19.4 Å². The molecule has 3 aromatic rings. The van der Waals surface area contributed by atoms with Gasteiger partial charge in [0.05, 0.1) is 11.3 Å². The van der Waals surface area contributed by atoms with E-state index >= 15 is 0 Å². The molecule has 1 aromatic carbocycles. The first-order chi connectivity index (χ1) is 16.6. The molecule has 0 fully saturated rings. The molecule has 182 valence electrons. The maximum atomic E-state index is 12.9. The van der Waals surface area contributed by atoms with Crippen molar-refractivity contribution in [2.45, 2.75) is 38.9 Å². The summed E-state index contributed by atoms with van der Waals surface area (Å²) in [4.78, 5) is 42.3. The number of ether oxygens (including phenoxy) is 2. The highest BCUT2D eigenvalue weighted by Crippen LogP contribution is 2.35. The van der Waals surface area contributed by atoms with Crippen LogP contribution < -0.4 is 10.6 Å². The zero-order valence-corrected chi connectivity index (χ0v) is 20.1. The Kier molecular flexibility index (Phi) is 6.59. The number of hydrogen-bond acceptors (Lipinski definition) is 6. The second-order valence-corrected chi connectivity index (χ2v) is 9.27. The molecule has 4 rings (SSSR count). The molecule has 1 atom stereocenters. The van der Waals surface area contributed by atoms with Gasteiger partial charge in [-0.25, -0.2) is 9.78 Å². The molecule has 3 heterocycles. The van der Waals surface area contributed by atoms with Crippen molar-refractivity contribution in [3.8, 4) is 11.3 Å². The van der Waals surface area contributed by atoms with E-state index in [-0.39, 0.29) is 24.9 Å². The summed E-state index contributed by atoms with van der Waals surface area (Å²) < 4.78 is 12.7. The van der Waals surface area contributed by atoms with Crippen LogP contribution in [-0.2, 0) is 27.9 Å². The van der Waals surface area contributed by atoms with Crippen LogP contribution in [0.2, 0.25) is 0 Å². The van der Waals surface area contributed by atoms with Gasteiger partial charge in [-0.05, 0) is 44.5 Å². The molecule has 0 saturated carbocycles. The molecule has 0 bridgehead atoms. The van der Waals surface area contributed by atoms with Crippen LogP contribution >= 0.6 is 0 Å². The van der Waals surface area contributed by atoms with E-state index in [0.29, 0.717) is 22.5 Å². The standard InChI is InChI=1S/C26H28N4O5/c1-26(2,3)35-24(32)19-14-28-23(31)18-13-20(30(4)21(18)19)17-11-8-12-27-22(17)29-25(33)34-15-16-9-6-5-7-10-16/h5-13,19H,14-15H2,1-4H3,(H,28,31)(H,27,29,33). The average molecular weight is 477 g/mol. The Labute approximate surface area is 203 Å². The summed E-state index contributed by atoms with van der Waals surface area (Å²) in [7, 11) is 1.77. The van der Waals surface area contributed by atoms with Crippen LogP contribution in [0, 0.1) is 0 Å². The number of carbonyl (C=O) groups excluding carboxylic acids is 3. The van der Waals surface area contributed by atoms with Crippen LogP contribution in [0.1, 0.15) is 48.3 Å². The number of fused-ring (bicyclic) bond motifs is 1. The number of esters is 1. The van der Waals surface area contributed by atoms with Gasteiger partial charge in [0.1, 0.15) is 23.9 Å². The zero-order chi connectivity index (χ0) is 25.2. The van der Waals surface area contributed by atoms with Crippen molar-refractivity contribution in [1.82, 2.24) is 14.9 Å². The summed E-state index contributed by atoms with van der Waals surface area (Å²) in [6, 6.07) is 14.5. The first-order valence-electron chi connectivity index (χ1n) is 11.3. The lowest BCUT2D eigenvalue weighted by Gasteiger charge is -2.27. The highest BCUT2D eigenvalue weighted by Gasteiger charge is 2.37. The molecule has 1 unspecified atom stereocenters. The predicted octanol–water partition coefficient (Wildman–Crippen LogP) is 4.00. The summed E-state index contributed by atoms with van der Waals surface area (Å²) in [6.45, 7) is 5.66. The van der Waals surface area contributed by atoms with E-state index in [4.69, 9.17) is 9.47 Å². The number of anilines is 1. The molecule has 9 nitrogen and oxygen atoms in total. The molecule has 0 radical (unpaired) electrons. The number of pyridine rings is 1. The molecule has 0 spiro atoms. The van der Waals surface area contributed by atoms with Crippen molar-refractivity contribution >= 4 is 23.8 Å². The van der Waals surface area contributed by atoms with Crippen LogP contribution in [0.15, 0.2) is 54.7 Å². The molecule has 1 aliphatic rings. The van der Waals surface area contributed by atoms with Gasteiger partial charge in [0, 0.05) is 31.0 Å². The van der Waals surface area contributed by atoms with E-state index in [1.54, 1.807) is 56.8 Å². The molecule has 35 heavy (non-hydrogen) atoms. The van der Waals surface area contributed by atoms with Crippen molar-refractivity contribution in [1.29, 1.82) is 0 Å². The fourth-order valence-electron chi connectivity index (χ4n) is 4.00. The minimum absolute atomic E-state index is 0.116. The molecule has 0 saturated heterocycles. The second-order valence-electron chi connectivity index (χ2n) is 9.27. The topological polar surface area (TPSA) is 112 Å². The minimum Gasteiger partial charge on any atom is -0.459 e. The third-order valence-electron chi connectivity index (χ3n) is 5.53. The first-order valence-corrected chi connectivity index (χ1v) is 11.3. The molecule has 2 aromatic heterocycles. The van der Waals surface area contributed by atoms with E-state index in [1.807, 2.05) is 30.3 Å². The average Bonchev–Trinajstić information content (AvgIpc) is 3.16. The van der Waals surface area contributed by atoms with Crippen LogP contribution in [-0.4, -0.2) is 39.7 Å². The summed E-state index contributed by atoms with van der Waals surface area (Å²) in [5.41, 5.74) is 2.33. The quantitative estimate of drug-likeness (QED) is 0.539. The Hall–Kier alpha value is -4.14. The van der Waals surface area contributed by atoms with E-state index in [0.717, 1.165) is 5.56 Å². The number of nitrogens with one attached hydrogen (secondary N) is 2. The minimum atomic E-state index is -0.662.